The summed E-state index contributed by atoms with van der Waals surface area (Å²) in [6.45, 7) is 8.39. The molecule has 0 bridgehead atoms. The molecule has 0 atom stereocenters. The summed E-state index contributed by atoms with van der Waals surface area (Å²) in [7, 11) is 0. The van der Waals surface area contributed by atoms with Crippen molar-refractivity contribution in [2.24, 2.45) is 0 Å². The molecule has 7 heteroatoms. The number of nitriles is 1. The zero-order valence-corrected chi connectivity index (χ0v) is 16.7. The Labute approximate surface area is 165 Å². The molecule has 152 valence electrons. The smallest absolute Gasteiger partial charge is 0.341 e. The predicted octanol–water partition coefficient (Wildman–Crippen LogP) is 3.24. The molecule has 0 saturated heterocycles. The van der Waals surface area contributed by atoms with Gasteiger partial charge in [0.15, 0.2) is 0 Å². The molecule has 0 unspecified atom stereocenters. The lowest BCUT2D eigenvalue weighted by Crippen LogP contribution is -2.18. The second-order valence-corrected chi connectivity index (χ2v) is 5.95. The van der Waals surface area contributed by atoms with Crippen LogP contribution < -0.4 is 5.43 Å². The van der Waals surface area contributed by atoms with Gasteiger partial charge in [-0.05, 0) is 44.4 Å². The Hall–Kier alpha value is -2.69. The third-order valence-corrected chi connectivity index (χ3v) is 4.05. The fourth-order valence-corrected chi connectivity index (χ4v) is 2.76. The molecule has 0 radical (unpaired) electrons. The first-order valence-electron chi connectivity index (χ1n) is 9.35. The van der Waals surface area contributed by atoms with Gasteiger partial charge in [-0.3, -0.25) is 4.79 Å². The van der Waals surface area contributed by atoms with E-state index in [1.54, 1.807) is 16.7 Å². The number of hydrogen-bond acceptors (Lipinski definition) is 5. The Kier molecular flexibility index (Phi) is 10.6. The maximum absolute atomic E-state index is 12.4. The summed E-state index contributed by atoms with van der Waals surface area (Å²) in [5.41, 5.74) is 1.14. The Balaban J connectivity index is 0.00000122. The number of fused-ring (bicyclic) bond motifs is 1. The van der Waals surface area contributed by atoms with Gasteiger partial charge < -0.3 is 19.1 Å². The number of aryl methyl sites for hydroxylation is 2. The molecule has 0 amide bonds. The van der Waals surface area contributed by atoms with Gasteiger partial charge in [0.2, 0.25) is 5.43 Å². The topological polar surface area (TPSA) is 102 Å². The van der Waals surface area contributed by atoms with Crippen LogP contribution in [0.1, 0.15) is 43.1 Å². The van der Waals surface area contributed by atoms with Gasteiger partial charge in [-0.1, -0.05) is 6.07 Å². The highest BCUT2D eigenvalue weighted by molar-refractivity contribution is 5.92. The number of benzene rings is 1. The van der Waals surface area contributed by atoms with Crippen molar-refractivity contribution >= 4 is 16.9 Å². The Bertz CT molecular complexity index is 867. The van der Waals surface area contributed by atoms with Crippen LogP contribution in [0.25, 0.3) is 10.9 Å². The molecule has 1 aromatic carbocycles. The van der Waals surface area contributed by atoms with Crippen molar-refractivity contribution in [2.75, 3.05) is 26.4 Å². The number of carboxylic acids is 1. The molecule has 0 aliphatic rings. The summed E-state index contributed by atoms with van der Waals surface area (Å²) < 4.78 is 12.5. The summed E-state index contributed by atoms with van der Waals surface area (Å²) in [5, 5.41) is 17.0. The average Bonchev–Trinajstić information content (AvgIpc) is 2.68. The number of nitrogens with zero attached hydrogens (tertiary/aromatic N) is 2. The van der Waals surface area contributed by atoms with E-state index < -0.39 is 11.4 Å². The zero-order chi connectivity index (χ0) is 20.9. The van der Waals surface area contributed by atoms with Gasteiger partial charge in [-0.25, -0.2) is 4.79 Å². The van der Waals surface area contributed by atoms with Gasteiger partial charge in [0.1, 0.15) is 5.56 Å². The normalized spacial score (nSPS) is 10.2. The Morgan fingerprint density at radius 2 is 1.89 bits per heavy atom. The van der Waals surface area contributed by atoms with E-state index >= 15 is 0 Å². The van der Waals surface area contributed by atoms with E-state index in [1.165, 1.54) is 13.1 Å². The summed E-state index contributed by atoms with van der Waals surface area (Å²) in [4.78, 5) is 23.7. The number of pyridine rings is 1. The van der Waals surface area contributed by atoms with Crippen molar-refractivity contribution in [3.63, 3.8) is 0 Å². The van der Waals surface area contributed by atoms with Crippen molar-refractivity contribution in [1.82, 2.24) is 4.57 Å². The lowest BCUT2D eigenvalue weighted by molar-refractivity contribution is 0.0520. The standard InChI is InChI=1S/C19H25NO5.C2H3N/c1-3-20-13-16(19(22)23)18(21)15-12-14(7-8-17(15)20)6-5-9-25-11-10-24-4-2;1-2-3/h7-8,12-13H,3-6,9-11H2,1-2H3,(H,22,23);1H3. The minimum Gasteiger partial charge on any atom is -0.477 e. The minimum absolute atomic E-state index is 0.189. The quantitative estimate of drug-likeness (QED) is 0.627. The first-order valence-corrected chi connectivity index (χ1v) is 9.35. The molecular formula is C21H28N2O5. The van der Waals surface area contributed by atoms with E-state index in [2.05, 4.69) is 0 Å². The average molecular weight is 388 g/mol. The fourth-order valence-electron chi connectivity index (χ4n) is 2.76. The van der Waals surface area contributed by atoms with E-state index in [-0.39, 0.29) is 5.56 Å². The molecule has 7 nitrogen and oxygen atoms in total. The van der Waals surface area contributed by atoms with Crippen LogP contribution in [0.15, 0.2) is 29.2 Å². The van der Waals surface area contributed by atoms with E-state index in [4.69, 9.17) is 14.7 Å². The first-order chi connectivity index (χ1) is 13.5. The molecule has 2 aromatic rings. The number of ether oxygens (including phenoxy) is 2. The van der Waals surface area contributed by atoms with Gasteiger partial charge in [0, 0.05) is 38.3 Å². The van der Waals surface area contributed by atoms with E-state index in [0.29, 0.717) is 38.4 Å². The van der Waals surface area contributed by atoms with E-state index in [9.17, 15) is 14.7 Å². The first kappa shape index (κ1) is 23.3. The third-order valence-electron chi connectivity index (χ3n) is 4.05. The van der Waals surface area contributed by atoms with Crippen LogP contribution in [-0.2, 0) is 22.4 Å². The summed E-state index contributed by atoms with van der Waals surface area (Å²) in [5.74, 6) is -1.19. The summed E-state index contributed by atoms with van der Waals surface area (Å²) >= 11 is 0. The SMILES string of the molecule is CC#N.CCOCCOCCCc1ccc2c(c1)c(=O)c(C(=O)O)cn2CC. The molecule has 28 heavy (non-hydrogen) atoms. The van der Waals surface area contributed by atoms with Crippen molar-refractivity contribution in [3.05, 3.63) is 45.7 Å². The van der Waals surface area contributed by atoms with Crippen LogP contribution in [0.4, 0.5) is 0 Å². The van der Waals surface area contributed by atoms with Crippen LogP contribution in [0.5, 0.6) is 0 Å². The maximum atomic E-state index is 12.4. The number of aromatic carboxylic acids is 1. The minimum atomic E-state index is -1.19. The lowest BCUT2D eigenvalue weighted by Gasteiger charge is -2.11. The third kappa shape index (κ3) is 6.80. The van der Waals surface area contributed by atoms with Crippen molar-refractivity contribution in [2.45, 2.75) is 40.2 Å². The highest BCUT2D eigenvalue weighted by Gasteiger charge is 2.14. The number of hydrogen-bond donors (Lipinski definition) is 1. The molecule has 0 fully saturated rings. The van der Waals surface area contributed by atoms with Crippen LogP contribution in [-0.4, -0.2) is 42.1 Å². The van der Waals surface area contributed by atoms with Crippen LogP contribution in [0.3, 0.4) is 0 Å². The Morgan fingerprint density at radius 3 is 2.50 bits per heavy atom. The fraction of sp³-hybridized carbons (Fsp3) is 0.476. The molecule has 1 heterocycles. The van der Waals surface area contributed by atoms with E-state index in [1.807, 2.05) is 26.0 Å². The number of carboxylic acid groups (broad SMARTS) is 1. The van der Waals surface area contributed by atoms with Gasteiger partial charge >= 0.3 is 5.97 Å². The molecule has 2 rings (SSSR count). The highest BCUT2D eigenvalue weighted by atomic mass is 16.5. The number of carbonyl (C=O) groups is 1. The van der Waals surface area contributed by atoms with Crippen molar-refractivity contribution < 1.29 is 19.4 Å². The van der Waals surface area contributed by atoms with Crippen LogP contribution in [0, 0.1) is 11.3 Å². The Morgan fingerprint density at radius 1 is 1.21 bits per heavy atom. The maximum Gasteiger partial charge on any atom is 0.341 e. The van der Waals surface area contributed by atoms with Gasteiger partial charge in [0.05, 0.1) is 24.8 Å². The monoisotopic (exact) mass is 388 g/mol. The van der Waals surface area contributed by atoms with Crippen LogP contribution in [0.2, 0.25) is 0 Å². The van der Waals surface area contributed by atoms with Crippen molar-refractivity contribution in [3.8, 4) is 6.07 Å². The molecule has 0 spiro atoms. The molecule has 0 aliphatic heterocycles. The lowest BCUT2D eigenvalue weighted by atomic mass is 10.0. The second-order valence-electron chi connectivity index (χ2n) is 5.95. The van der Waals surface area contributed by atoms with Crippen LogP contribution >= 0.6 is 0 Å². The van der Waals surface area contributed by atoms with E-state index in [0.717, 1.165) is 23.9 Å². The molecule has 0 saturated carbocycles. The second kappa shape index (κ2) is 12.7. The zero-order valence-electron chi connectivity index (χ0n) is 16.7. The van der Waals surface area contributed by atoms with Gasteiger partial charge in [0.25, 0.3) is 0 Å². The highest BCUT2D eigenvalue weighted by Crippen LogP contribution is 2.16. The molecule has 0 aliphatic carbocycles. The number of rotatable bonds is 10. The molecule has 1 N–H and O–H groups in total. The predicted molar refractivity (Wildman–Crippen MR) is 108 cm³/mol. The van der Waals surface area contributed by atoms with Gasteiger partial charge in [-0.2, -0.15) is 5.26 Å². The number of aromatic nitrogens is 1. The summed E-state index contributed by atoms with van der Waals surface area (Å²) in [6.07, 6.45) is 3.02. The molecule has 1 aromatic heterocycles. The van der Waals surface area contributed by atoms with Crippen molar-refractivity contribution in [1.29, 1.82) is 5.26 Å². The summed E-state index contributed by atoms with van der Waals surface area (Å²) in [6, 6.07) is 7.42. The molecular weight excluding hydrogens is 360 g/mol. The van der Waals surface area contributed by atoms with Gasteiger partial charge in [-0.15, -0.1) is 0 Å². The largest absolute Gasteiger partial charge is 0.477 e.